The van der Waals surface area contributed by atoms with E-state index < -0.39 is 0 Å². The summed E-state index contributed by atoms with van der Waals surface area (Å²) in [6.07, 6.45) is -0.0226. The number of rotatable bonds is 8. The van der Waals surface area contributed by atoms with Gasteiger partial charge in [0.15, 0.2) is 0 Å². The van der Waals surface area contributed by atoms with Crippen LogP contribution in [0.2, 0.25) is 5.02 Å². The number of ether oxygens (including phenoxy) is 2. The van der Waals surface area contributed by atoms with Gasteiger partial charge in [0.25, 0.3) is 0 Å². The van der Waals surface area contributed by atoms with E-state index in [1.54, 1.807) is 6.07 Å². The number of pyridine rings is 1. The summed E-state index contributed by atoms with van der Waals surface area (Å²) in [5, 5.41) is 3.85. The molecule has 0 saturated carbocycles. The molecule has 1 atom stereocenters. The zero-order valence-electron chi connectivity index (χ0n) is 11.2. The molecule has 0 fully saturated rings. The van der Waals surface area contributed by atoms with Crippen LogP contribution in [0.3, 0.4) is 0 Å². The molecule has 0 aliphatic carbocycles. The second kappa shape index (κ2) is 8.29. The topological polar surface area (TPSA) is 43.4 Å². The Morgan fingerprint density at radius 3 is 2.83 bits per heavy atom. The van der Waals surface area contributed by atoms with Gasteiger partial charge in [-0.15, -0.1) is 0 Å². The number of aromatic nitrogens is 1. The molecule has 18 heavy (non-hydrogen) atoms. The van der Waals surface area contributed by atoms with E-state index in [-0.39, 0.29) is 6.10 Å². The molecular weight excluding hydrogens is 252 g/mol. The second-order valence-electron chi connectivity index (χ2n) is 3.95. The molecule has 0 saturated heterocycles. The van der Waals surface area contributed by atoms with Crippen molar-refractivity contribution in [1.29, 1.82) is 0 Å². The van der Waals surface area contributed by atoms with Crippen LogP contribution in [-0.4, -0.2) is 30.8 Å². The zero-order chi connectivity index (χ0) is 13.4. The molecule has 102 valence electrons. The van der Waals surface area contributed by atoms with Crippen LogP contribution in [0.5, 0.6) is 5.88 Å². The van der Waals surface area contributed by atoms with Crippen LogP contribution in [0.25, 0.3) is 0 Å². The Balaban J connectivity index is 2.60. The third-order valence-corrected chi connectivity index (χ3v) is 2.66. The maximum Gasteiger partial charge on any atom is 0.213 e. The number of hydrogen-bond acceptors (Lipinski definition) is 4. The fourth-order valence-electron chi connectivity index (χ4n) is 1.42. The van der Waals surface area contributed by atoms with Gasteiger partial charge in [-0.2, -0.15) is 0 Å². The summed E-state index contributed by atoms with van der Waals surface area (Å²) < 4.78 is 11.0. The lowest BCUT2D eigenvalue weighted by Gasteiger charge is -2.14. The summed E-state index contributed by atoms with van der Waals surface area (Å²) in [4.78, 5) is 4.39. The SMILES string of the molecule is CCNCc1nc(OC(C)COCC)ccc1Cl. The van der Waals surface area contributed by atoms with E-state index in [1.807, 2.05) is 26.8 Å². The highest BCUT2D eigenvalue weighted by molar-refractivity contribution is 6.31. The molecule has 4 nitrogen and oxygen atoms in total. The van der Waals surface area contributed by atoms with Crippen LogP contribution in [0, 0.1) is 0 Å². The van der Waals surface area contributed by atoms with Crippen molar-refractivity contribution in [2.24, 2.45) is 0 Å². The molecule has 1 N–H and O–H groups in total. The van der Waals surface area contributed by atoms with Gasteiger partial charge in [0.2, 0.25) is 5.88 Å². The minimum atomic E-state index is -0.0226. The van der Waals surface area contributed by atoms with Crippen LogP contribution >= 0.6 is 11.6 Å². The summed E-state index contributed by atoms with van der Waals surface area (Å²) in [5.41, 5.74) is 0.805. The van der Waals surface area contributed by atoms with Gasteiger partial charge in [-0.05, 0) is 26.5 Å². The van der Waals surface area contributed by atoms with E-state index in [1.165, 1.54) is 0 Å². The predicted molar refractivity (Wildman–Crippen MR) is 73.2 cm³/mol. The van der Waals surface area contributed by atoms with Crippen molar-refractivity contribution in [2.75, 3.05) is 19.8 Å². The molecule has 0 radical (unpaired) electrons. The van der Waals surface area contributed by atoms with Crippen molar-refractivity contribution in [1.82, 2.24) is 10.3 Å². The van der Waals surface area contributed by atoms with Crippen LogP contribution in [0.15, 0.2) is 12.1 Å². The lowest BCUT2D eigenvalue weighted by molar-refractivity contribution is 0.0632. The number of halogens is 1. The first-order chi connectivity index (χ1) is 8.67. The molecule has 5 heteroatoms. The van der Waals surface area contributed by atoms with Gasteiger partial charge in [-0.3, -0.25) is 0 Å². The van der Waals surface area contributed by atoms with E-state index in [0.29, 0.717) is 30.7 Å². The fraction of sp³-hybridized carbons (Fsp3) is 0.615. The molecule has 0 amide bonds. The molecule has 0 aliphatic rings. The Morgan fingerprint density at radius 2 is 2.17 bits per heavy atom. The van der Waals surface area contributed by atoms with Gasteiger partial charge in [0.1, 0.15) is 6.10 Å². The third kappa shape index (κ3) is 5.21. The summed E-state index contributed by atoms with van der Waals surface area (Å²) in [7, 11) is 0. The van der Waals surface area contributed by atoms with Crippen molar-refractivity contribution in [3.05, 3.63) is 22.8 Å². The van der Waals surface area contributed by atoms with Crippen molar-refractivity contribution >= 4 is 11.6 Å². The Labute approximate surface area is 114 Å². The molecule has 0 bridgehead atoms. The van der Waals surface area contributed by atoms with Gasteiger partial charge >= 0.3 is 0 Å². The molecule has 1 rings (SSSR count). The normalized spacial score (nSPS) is 12.4. The maximum atomic E-state index is 6.07. The summed E-state index contributed by atoms with van der Waals surface area (Å²) in [6, 6.07) is 3.59. The summed E-state index contributed by atoms with van der Waals surface area (Å²) in [5.74, 6) is 0.583. The van der Waals surface area contributed by atoms with Crippen LogP contribution in [-0.2, 0) is 11.3 Å². The first-order valence-electron chi connectivity index (χ1n) is 6.27. The monoisotopic (exact) mass is 272 g/mol. The Morgan fingerprint density at radius 1 is 1.39 bits per heavy atom. The second-order valence-corrected chi connectivity index (χ2v) is 4.35. The smallest absolute Gasteiger partial charge is 0.213 e. The molecule has 1 unspecified atom stereocenters. The van der Waals surface area contributed by atoms with Crippen molar-refractivity contribution in [3.63, 3.8) is 0 Å². The Hall–Kier alpha value is -0.840. The van der Waals surface area contributed by atoms with Crippen LogP contribution < -0.4 is 10.1 Å². The number of nitrogens with zero attached hydrogens (tertiary/aromatic N) is 1. The summed E-state index contributed by atoms with van der Waals surface area (Å²) in [6.45, 7) is 8.73. The van der Waals surface area contributed by atoms with Gasteiger partial charge in [-0.25, -0.2) is 4.98 Å². The predicted octanol–water partition coefficient (Wildman–Crippen LogP) is 2.65. The van der Waals surface area contributed by atoms with Crippen LogP contribution in [0.1, 0.15) is 26.5 Å². The van der Waals surface area contributed by atoms with Crippen molar-refractivity contribution in [2.45, 2.75) is 33.4 Å². The Bertz CT molecular complexity index is 361. The average molecular weight is 273 g/mol. The first kappa shape index (κ1) is 15.2. The highest BCUT2D eigenvalue weighted by atomic mass is 35.5. The summed E-state index contributed by atoms with van der Waals surface area (Å²) >= 11 is 6.07. The Kier molecular flexibility index (Phi) is 7.01. The highest BCUT2D eigenvalue weighted by Crippen LogP contribution is 2.18. The van der Waals surface area contributed by atoms with Gasteiger partial charge in [0.05, 0.1) is 17.3 Å². The zero-order valence-corrected chi connectivity index (χ0v) is 12.0. The van der Waals surface area contributed by atoms with E-state index >= 15 is 0 Å². The highest BCUT2D eigenvalue weighted by Gasteiger charge is 2.08. The molecule has 1 heterocycles. The van der Waals surface area contributed by atoms with E-state index in [9.17, 15) is 0 Å². The lowest BCUT2D eigenvalue weighted by atomic mass is 10.3. The minimum Gasteiger partial charge on any atom is -0.472 e. The van der Waals surface area contributed by atoms with E-state index in [2.05, 4.69) is 10.3 Å². The number of hydrogen-bond donors (Lipinski definition) is 1. The number of nitrogens with one attached hydrogen (secondary N) is 1. The van der Waals surface area contributed by atoms with E-state index in [4.69, 9.17) is 21.1 Å². The van der Waals surface area contributed by atoms with Gasteiger partial charge < -0.3 is 14.8 Å². The fourth-order valence-corrected chi connectivity index (χ4v) is 1.59. The van der Waals surface area contributed by atoms with Crippen molar-refractivity contribution in [3.8, 4) is 5.88 Å². The van der Waals surface area contributed by atoms with Gasteiger partial charge in [0, 0.05) is 19.2 Å². The molecule has 1 aromatic rings. The largest absolute Gasteiger partial charge is 0.472 e. The van der Waals surface area contributed by atoms with Crippen molar-refractivity contribution < 1.29 is 9.47 Å². The lowest BCUT2D eigenvalue weighted by Crippen LogP contribution is -2.20. The minimum absolute atomic E-state index is 0.0226. The molecular formula is C13H21ClN2O2. The molecule has 0 aliphatic heterocycles. The maximum absolute atomic E-state index is 6.07. The standard InChI is InChI=1S/C13H21ClN2O2/c1-4-15-8-12-11(14)6-7-13(16-12)18-10(3)9-17-5-2/h6-7,10,15H,4-5,8-9H2,1-3H3. The third-order valence-electron chi connectivity index (χ3n) is 2.31. The van der Waals surface area contributed by atoms with E-state index in [0.717, 1.165) is 12.2 Å². The molecule has 0 aromatic carbocycles. The first-order valence-corrected chi connectivity index (χ1v) is 6.65. The molecule has 0 spiro atoms. The van der Waals surface area contributed by atoms with Gasteiger partial charge in [-0.1, -0.05) is 18.5 Å². The molecule has 1 aromatic heterocycles. The van der Waals surface area contributed by atoms with Crippen LogP contribution in [0.4, 0.5) is 0 Å². The quantitative estimate of drug-likeness (QED) is 0.790. The average Bonchev–Trinajstić information content (AvgIpc) is 2.37.